The number of aromatic nitrogens is 1. The highest BCUT2D eigenvalue weighted by Crippen LogP contribution is 2.23. The van der Waals surface area contributed by atoms with E-state index in [0.29, 0.717) is 6.04 Å². The summed E-state index contributed by atoms with van der Waals surface area (Å²) in [6.07, 6.45) is 1.34. The van der Waals surface area contributed by atoms with Gasteiger partial charge in [0.15, 0.2) is 0 Å². The molecule has 1 fully saturated rings. The van der Waals surface area contributed by atoms with Crippen molar-refractivity contribution in [2.24, 2.45) is 5.92 Å². The first kappa shape index (κ1) is 14.0. The molecule has 0 aliphatic carbocycles. The van der Waals surface area contributed by atoms with Crippen LogP contribution < -0.4 is 5.32 Å². The molecule has 18 heavy (non-hydrogen) atoms. The third-order valence-electron chi connectivity index (χ3n) is 3.88. The second-order valence-electron chi connectivity index (χ2n) is 5.35. The molecule has 1 saturated heterocycles. The molecule has 0 radical (unpaired) electrons. The molecule has 3 nitrogen and oxygen atoms in total. The molecular formula is C14H25N3S. The summed E-state index contributed by atoms with van der Waals surface area (Å²) in [4.78, 5) is 8.52. The lowest BCUT2D eigenvalue weighted by Crippen LogP contribution is -2.28. The van der Waals surface area contributed by atoms with E-state index in [2.05, 4.69) is 42.9 Å². The van der Waals surface area contributed by atoms with E-state index in [0.717, 1.165) is 12.5 Å². The molecular weight excluding hydrogens is 242 g/mol. The Morgan fingerprint density at radius 1 is 1.50 bits per heavy atom. The maximum atomic E-state index is 4.63. The molecule has 1 aromatic rings. The summed E-state index contributed by atoms with van der Waals surface area (Å²) in [6.45, 7) is 13.6. The fourth-order valence-corrected chi connectivity index (χ4v) is 3.67. The van der Waals surface area contributed by atoms with E-state index in [1.807, 2.05) is 0 Å². The fraction of sp³-hybridized carbons (Fsp3) is 0.786. The van der Waals surface area contributed by atoms with Crippen molar-refractivity contribution in [1.29, 1.82) is 0 Å². The Labute approximate surface area is 115 Å². The average Bonchev–Trinajstić information content (AvgIpc) is 2.92. The molecule has 4 heteroatoms. The molecule has 0 saturated carbocycles. The zero-order chi connectivity index (χ0) is 13.1. The van der Waals surface area contributed by atoms with Gasteiger partial charge in [-0.2, -0.15) is 0 Å². The first-order chi connectivity index (χ1) is 8.60. The summed E-state index contributed by atoms with van der Waals surface area (Å²) in [5, 5.41) is 4.83. The molecule has 1 aromatic heterocycles. The second kappa shape index (κ2) is 6.13. The highest BCUT2D eigenvalue weighted by molar-refractivity contribution is 7.11. The minimum atomic E-state index is 0.380. The number of thiazole rings is 1. The highest BCUT2D eigenvalue weighted by atomic mass is 32.1. The van der Waals surface area contributed by atoms with Gasteiger partial charge in [0.25, 0.3) is 0 Å². The molecule has 0 amide bonds. The standard InChI is InChI=1S/C14H25N3S/c1-5-17-7-6-13(9-17)8-15-10(2)14-11(3)18-12(4)16-14/h10,13,15H,5-9H2,1-4H3. The monoisotopic (exact) mass is 267 g/mol. The quantitative estimate of drug-likeness (QED) is 0.889. The summed E-state index contributed by atoms with van der Waals surface area (Å²) in [5.74, 6) is 0.812. The number of nitrogens with one attached hydrogen (secondary N) is 1. The van der Waals surface area contributed by atoms with E-state index in [4.69, 9.17) is 0 Å². The number of hydrogen-bond donors (Lipinski definition) is 1. The number of likely N-dealkylation sites (tertiary alicyclic amines) is 1. The molecule has 0 bridgehead atoms. The van der Waals surface area contributed by atoms with Gasteiger partial charge in [0.1, 0.15) is 0 Å². The number of aryl methyl sites for hydroxylation is 2. The van der Waals surface area contributed by atoms with Crippen LogP contribution in [0.15, 0.2) is 0 Å². The van der Waals surface area contributed by atoms with Crippen molar-refractivity contribution in [2.45, 2.75) is 40.2 Å². The van der Waals surface area contributed by atoms with Gasteiger partial charge in [0.05, 0.1) is 10.7 Å². The summed E-state index contributed by atoms with van der Waals surface area (Å²) < 4.78 is 0. The fourth-order valence-electron chi connectivity index (χ4n) is 2.75. The van der Waals surface area contributed by atoms with Gasteiger partial charge in [0.2, 0.25) is 0 Å². The van der Waals surface area contributed by atoms with Gasteiger partial charge >= 0.3 is 0 Å². The third-order valence-corrected chi connectivity index (χ3v) is 4.78. The predicted molar refractivity (Wildman–Crippen MR) is 78.2 cm³/mol. The van der Waals surface area contributed by atoms with Gasteiger partial charge in [-0.15, -0.1) is 11.3 Å². The zero-order valence-electron chi connectivity index (χ0n) is 12.0. The van der Waals surface area contributed by atoms with Crippen molar-refractivity contribution in [3.8, 4) is 0 Å². The number of rotatable bonds is 5. The molecule has 0 spiro atoms. The SMILES string of the molecule is CCN1CCC(CNC(C)c2nc(C)sc2C)C1. The molecule has 1 aliphatic heterocycles. The predicted octanol–water partition coefficient (Wildman–Crippen LogP) is 2.75. The lowest BCUT2D eigenvalue weighted by molar-refractivity contribution is 0.336. The first-order valence-corrected chi connectivity index (χ1v) is 7.81. The van der Waals surface area contributed by atoms with Gasteiger partial charge in [-0.1, -0.05) is 6.92 Å². The Balaban J connectivity index is 1.82. The van der Waals surface area contributed by atoms with Crippen LogP contribution in [0.2, 0.25) is 0 Å². The van der Waals surface area contributed by atoms with E-state index in [1.54, 1.807) is 11.3 Å². The summed E-state index contributed by atoms with van der Waals surface area (Å²) >= 11 is 1.80. The van der Waals surface area contributed by atoms with Crippen LogP contribution in [0.25, 0.3) is 0 Å². The van der Waals surface area contributed by atoms with E-state index in [9.17, 15) is 0 Å². The molecule has 2 rings (SSSR count). The Bertz CT molecular complexity index is 388. The average molecular weight is 267 g/mol. The maximum absolute atomic E-state index is 4.63. The van der Waals surface area contributed by atoms with Crippen LogP contribution in [0.4, 0.5) is 0 Å². The van der Waals surface area contributed by atoms with Crippen LogP contribution in [-0.2, 0) is 0 Å². The molecule has 2 unspecified atom stereocenters. The van der Waals surface area contributed by atoms with Crippen LogP contribution in [-0.4, -0.2) is 36.1 Å². The van der Waals surface area contributed by atoms with E-state index in [-0.39, 0.29) is 0 Å². The lowest BCUT2D eigenvalue weighted by Gasteiger charge is -2.17. The van der Waals surface area contributed by atoms with Crippen molar-refractivity contribution in [2.75, 3.05) is 26.2 Å². The van der Waals surface area contributed by atoms with Crippen molar-refractivity contribution >= 4 is 11.3 Å². The molecule has 2 atom stereocenters. The molecule has 2 heterocycles. The van der Waals surface area contributed by atoms with Gasteiger partial charge in [-0.3, -0.25) is 0 Å². The van der Waals surface area contributed by atoms with E-state index >= 15 is 0 Å². The Morgan fingerprint density at radius 2 is 2.28 bits per heavy atom. The first-order valence-electron chi connectivity index (χ1n) is 6.99. The zero-order valence-corrected chi connectivity index (χ0v) is 12.8. The topological polar surface area (TPSA) is 28.2 Å². The largest absolute Gasteiger partial charge is 0.308 e. The minimum Gasteiger partial charge on any atom is -0.308 e. The van der Waals surface area contributed by atoms with Gasteiger partial charge in [-0.05, 0) is 52.7 Å². The van der Waals surface area contributed by atoms with Gasteiger partial charge in [-0.25, -0.2) is 4.98 Å². The van der Waals surface area contributed by atoms with Crippen LogP contribution in [0.5, 0.6) is 0 Å². The Kier molecular flexibility index (Phi) is 4.76. The van der Waals surface area contributed by atoms with Crippen molar-refractivity contribution < 1.29 is 0 Å². The molecule has 1 aliphatic rings. The summed E-state index contributed by atoms with van der Waals surface area (Å²) in [6, 6.07) is 0.380. The molecule has 1 N–H and O–H groups in total. The van der Waals surface area contributed by atoms with E-state index in [1.165, 1.54) is 41.6 Å². The Hall–Kier alpha value is -0.450. The summed E-state index contributed by atoms with van der Waals surface area (Å²) in [5.41, 5.74) is 1.24. The van der Waals surface area contributed by atoms with Crippen LogP contribution >= 0.6 is 11.3 Å². The number of nitrogens with zero attached hydrogens (tertiary/aromatic N) is 2. The summed E-state index contributed by atoms with van der Waals surface area (Å²) in [7, 11) is 0. The minimum absolute atomic E-state index is 0.380. The normalized spacial score (nSPS) is 22.6. The van der Waals surface area contributed by atoms with E-state index < -0.39 is 0 Å². The highest BCUT2D eigenvalue weighted by Gasteiger charge is 2.22. The van der Waals surface area contributed by atoms with Crippen LogP contribution in [0.3, 0.4) is 0 Å². The molecule has 102 valence electrons. The van der Waals surface area contributed by atoms with Gasteiger partial charge < -0.3 is 10.2 Å². The number of hydrogen-bond acceptors (Lipinski definition) is 4. The third kappa shape index (κ3) is 3.31. The maximum Gasteiger partial charge on any atom is 0.0900 e. The lowest BCUT2D eigenvalue weighted by atomic mass is 10.1. The van der Waals surface area contributed by atoms with Crippen molar-refractivity contribution in [3.05, 3.63) is 15.6 Å². The van der Waals surface area contributed by atoms with Crippen molar-refractivity contribution in [1.82, 2.24) is 15.2 Å². The van der Waals surface area contributed by atoms with Crippen LogP contribution in [0, 0.1) is 19.8 Å². The van der Waals surface area contributed by atoms with Crippen molar-refractivity contribution in [3.63, 3.8) is 0 Å². The smallest absolute Gasteiger partial charge is 0.0900 e. The Morgan fingerprint density at radius 3 is 2.83 bits per heavy atom. The molecule has 0 aromatic carbocycles. The van der Waals surface area contributed by atoms with Crippen LogP contribution in [0.1, 0.15) is 41.9 Å². The van der Waals surface area contributed by atoms with Gasteiger partial charge in [0, 0.05) is 17.5 Å². The second-order valence-corrected chi connectivity index (χ2v) is 6.76.